The highest BCUT2D eigenvalue weighted by molar-refractivity contribution is 7.13. The van der Waals surface area contributed by atoms with Crippen molar-refractivity contribution >= 4 is 22.4 Å². The summed E-state index contributed by atoms with van der Waals surface area (Å²) >= 11 is 1.59. The van der Waals surface area contributed by atoms with Crippen LogP contribution in [0.3, 0.4) is 0 Å². The normalized spacial score (nSPS) is 17.6. The number of methoxy groups -OCH3 is 1. The largest absolute Gasteiger partial charge is 0.469 e. The van der Waals surface area contributed by atoms with Gasteiger partial charge in [-0.05, 0) is 18.2 Å². The second kappa shape index (κ2) is 7.10. The molecule has 122 valence electrons. The molecule has 23 heavy (non-hydrogen) atoms. The van der Waals surface area contributed by atoms with Crippen LogP contribution in [0.15, 0.2) is 29.6 Å². The van der Waals surface area contributed by atoms with Gasteiger partial charge in [0.1, 0.15) is 0 Å². The Bertz CT molecular complexity index is 686. The van der Waals surface area contributed by atoms with E-state index in [1.165, 1.54) is 18.2 Å². The number of benzene rings is 1. The summed E-state index contributed by atoms with van der Waals surface area (Å²) in [5, 5.41) is 6.45. The molecule has 0 amide bonds. The number of ether oxygens (including phenoxy) is 1. The lowest BCUT2D eigenvalue weighted by molar-refractivity contribution is -0.140. The minimum absolute atomic E-state index is 0.199. The van der Waals surface area contributed by atoms with Crippen molar-refractivity contribution in [1.29, 1.82) is 0 Å². The number of esters is 1. The molecule has 0 aliphatic carbocycles. The average molecular weight is 331 g/mol. The molecule has 0 saturated carbocycles. The molecule has 1 aromatic heterocycles. The zero-order valence-electron chi connectivity index (χ0n) is 13.4. The van der Waals surface area contributed by atoms with Crippen LogP contribution in [0, 0.1) is 0 Å². The van der Waals surface area contributed by atoms with Gasteiger partial charge in [-0.15, -0.1) is 11.3 Å². The van der Waals surface area contributed by atoms with Crippen LogP contribution < -0.4 is 5.32 Å². The van der Waals surface area contributed by atoms with E-state index in [0.717, 1.165) is 23.9 Å². The second-order valence-electron chi connectivity index (χ2n) is 5.81. The maximum atomic E-state index is 11.2. The molecule has 0 spiro atoms. The Morgan fingerprint density at radius 1 is 1.48 bits per heavy atom. The maximum Gasteiger partial charge on any atom is 0.305 e. The molecule has 1 atom stereocenters. The van der Waals surface area contributed by atoms with Gasteiger partial charge >= 0.3 is 5.97 Å². The summed E-state index contributed by atoms with van der Waals surface area (Å²) in [6.45, 7) is 1.94. The van der Waals surface area contributed by atoms with E-state index in [1.54, 1.807) is 11.3 Å². The Morgan fingerprint density at radius 2 is 2.30 bits per heavy atom. The van der Waals surface area contributed by atoms with E-state index < -0.39 is 0 Å². The predicted octanol–water partition coefficient (Wildman–Crippen LogP) is 2.85. The number of carbonyl (C=O) groups excluding carboxylic acids is 1. The monoisotopic (exact) mass is 331 g/mol. The summed E-state index contributed by atoms with van der Waals surface area (Å²) in [7, 11) is 3.54. The van der Waals surface area contributed by atoms with Gasteiger partial charge in [0, 0.05) is 24.9 Å². The zero-order valence-corrected chi connectivity index (χ0v) is 14.2. The molecule has 0 bridgehead atoms. The van der Waals surface area contributed by atoms with Crippen molar-refractivity contribution in [3.8, 4) is 0 Å². The minimum atomic E-state index is -0.199. The first-order chi connectivity index (χ1) is 11.2. The third kappa shape index (κ3) is 3.89. The molecule has 0 fully saturated rings. The van der Waals surface area contributed by atoms with Crippen LogP contribution in [0.2, 0.25) is 0 Å². The first kappa shape index (κ1) is 16.0. The fourth-order valence-electron chi connectivity index (χ4n) is 2.88. The number of aromatic nitrogens is 1. The molecule has 5 nitrogen and oxygen atoms in total. The van der Waals surface area contributed by atoms with Crippen LogP contribution in [-0.4, -0.2) is 36.6 Å². The molecule has 1 aliphatic rings. The summed E-state index contributed by atoms with van der Waals surface area (Å²) in [6, 6.07) is 8.78. The summed E-state index contributed by atoms with van der Waals surface area (Å²) in [6.07, 6.45) is 0.987. The first-order valence-electron chi connectivity index (χ1n) is 7.70. The van der Waals surface area contributed by atoms with Crippen LogP contribution in [0.1, 0.15) is 29.3 Å². The van der Waals surface area contributed by atoms with E-state index in [1.807, 2.05) is 5.38 Å². The molecule has 1 N–H and O–H groups in total. The number of nitrogens with one attached hydrogen (secondary N) is 1. The average Bonchev–Trinajstić information content (AvgIpc) is 3.00. The lowest BCUT2D eigenvalue weighted by Gasteiger charge is -2.32. The van der Waals surface area contributed by atoms with Gasteiger partial charge in [-0.1, -0.05) is 24.3 Å². The molecular weight excluding hydrogens is 310 g/mol. The van der Waals surface area contributed by atoms with Crippen molar-refractivity contribution in [2.45, 2.75) is 25.4 Å². The molecule has 6 heteroatoms. The van der Waals surface area contributed by atoms with Crippen molar-refractivity contribution in [3.05, 3.63) is 46.5 Å². The van der Waals surface area contributed by atoms with Crippen molar-refractivity contribution in [3.63, 3.8) is 0 Å². The fraction of sp³-hybridized carbons (Fsp3) is 0.412. The van der Waals surface area contributed by atoms with E-state index in [9.17, 15) is 4.79 Å². The molecule has 2 aromatic rings. The number of nitrogens with zero attached hydrogens (tertiary/aromatic N) is 2. The molecule has 0 saturated heterocycles. The number of rotatable bonds is 5. The lowest BCUT2D eigenvalue weighted by atomic mass is 9.96. The highest BCUT2D eigenvalue weighted by atomic mass is 32.1. The first-order valence-corrected chi connectivity index (χ1v) is 8.58. The van der Waals surface area contributed by atoms with Crippen LogP contribution in [0.5, 0.6) is 0 Å². The van der Waals surface area contributed by atoms with Crippen LogP contribution in [0.25, 0.3) is 0 Å². The van der Waals surface area contributed by atoms with Gasteiger partial charge in [-0.25, -0.2) is 4.98 Å². The number of fused-ring (bicyclic) bond motifs is 1. The smallest absolute Gasteiger partial charge is 0.305 e. The van der Waals surface area contributed by atoms with Gasteiger partial charge < -0.3 is 10.1 Å². The zero-order chi connectivity index (χ0) is 16.2. The van der Waals surface area contributed by atoms with Gasteiger partial charge in [0.2, 0.25) is 0 Å². The molecule has 3 rings (SSSR count). The second-order valence-corrected chi connectivity index (χ2v) is 6.67. The van der Waals surface area contributed by atoms with E-state index in [2.05, 4.69) is 51.3 Å². The molecule has 1 aliphatic heterocycles. The Labute approximate surface area is 140 Å². The van der Waals surface area contributed by atoms with E-state index in [4.69, 9.17) is 0 Å². The van der Waals surface area contributed by atoms with E-state index in [0.29, 0.717) is 12.8 Å². The maximum absolute atomic E-state index is 11.2. The number of aryl methyl sites for hydroxylation is 1. The summed E-state index contributed by atoms with van der Waals surface area (Å²) in [5.41, 5.74) is 3.64. The Kier molecular flexibility index (Phi) is 4.93. The number of likely N-dealkylation sites (N-methyl/N-ethyl adjacent to an activating group) is 1. The summed E-state index contributed by atoms with van der Waals surface area (Å²) in [5.74, 6) is -0.199. The Balaban J connectivity index is 1.68. The van der Waals surface area contributed by atoms with Crippen molar-refractivity contribution in [1.82, 2.24) is 9.88 Å². The van der Waals surface area contributed by atoms with Crippen molar-refractivity contribution < 1.29 is 9.53 Å². The number of anilines is 1. The highest BCUT2D eigenvalue weighted by Gasteiger charge is 2.23. The highest BCUT2D eigenvalue weighted by Crippen LogP contribution is 2.30. The topological polar surface area (TPSA) is 54.5 Å². The minimum Gasteiger partial charge on any atom is -0.469 e. The molecular formula is C17H21N3O2S. The Hall–Kier alpha value is -1.92. The van der Waals surface area contributed by atoms with Crippen LogP contribution >= 0.6 is 11.3 Å². The van der Waals surface area contributed by atoms with E-state index in [-0.39, 0.29) is 12.0 Å². The quantitative estimate of drug-likeness (QED) is 0.854. The standard InChI is InChI=1S/C17H21N3O2S/c1-20-9-12-5-3-4-6-14(12)15(10-20)19-17-18-13(11-23-17)7-8-16(21)22-2/h3-6,11,15H,7-10H2,1-2H3,(H,18,19). The van der Waals surface area contributed by atoms with Gasteiger partial charge in [0.15, 0.2) is 5.13 Å². The molecule has 1 aromatic carbocycles. The number of thiazole rings is 1. The molecule has 0 radical (unpaired) electrons. The Morgan fingerprint density at radius 3 is 3.13 bits per heavy atom. The SMILES string of the molecule is COC(=O)CCc1csc(NC2CN(C)Cc3ccccc32)n1. The number of hydrogen-bond acceptors (Lipinski definition) is 6. The third-order valence-electron chi connectivity index (χ3n) is 4.03. The van der Waals surface area contributed by atoms with E-state index >= 15 is 0 Å². The third-order valence-corrected chi connectivity index (χ3v) is 4.85. The number of carbonyl (C=O) groups is 1. The molecule has 1 unspecified atom stereocenters. The van der Waals surface area contributed by atoms with Crippen molar-refractivity contribution in [2.24, 2.45) is 0 Å². The van der Waals surface area contributed by atoms with Gasteiger partial charge in [0.05, 0.1) is 25.3 Å². The number of hydrogen-bond donors (Lipinski definition) is 1. The fourth-order valence-corrected chi connectivity index (χ4v) is 3.67. The predicted molar refractivity (Wildman–Crippen MR) is 91.6 cm³/mol. The van der Waals surface area contributed by atoms with Crippen LogP contribution in [-0.2, 0) is 22.5 Å². The lowest BCUT2D eigenvalue weighted by Crippen LogP contribution is -2.33. The van der Waals surface area contributed by atoms with Crippen LogP contribution in [0.4, 0.5) is 5.13 Å². The van der Waals surface area contributed by atoms with Gasteiger partial charge in [-0.2, -0.15) is 0 Å². The molecule has 2 heterocycles. The van der Waals surface area contributed by atoms with Gasteiger partial charge in [0.25, 0.3) is 0 Å². The summed E-state index contributed by atoms with van der Waals surface area (Å²) < 4.78 is 4.67. The summed E-state index contributed by atoms with van der Waals surface area (Å²) in [4.78, 5) is 18.1. The van der Waals surface area contributed by atoms with Crippen molar-refractivity contribution in [2.75, 3.05) is 26.0 Å². The van der Waals surface area contributed by atoms with Gasteiger partial charge in [-0.3, -0.25) is 9.69 Å².